The van der Waals surface area contributed by atoms with Gasteiger partial charge in [0.15, 0.2) is 5.82 Å². The van der Waals surface area contributed by atoms with Gasteiger partial charge in [-0.05, 0) is 109 Å². The molecule has 10 rings (SSSR count). The first-order valence-electron chi connectivity index (χ1n) is 20.4. The molecule has 0 radical (unpaired) electrons. The molecule has 2 nitrogen and oxygen atoms in total. The Kier molecular flexibility index (Phi) is 10.0. The van der Waals surface area contributed by atoms with Gasteiger partial charge in [-0.2, -0.15) is 0 Å². The van der Waals surface area contributed by atoms with Gasteiger partial charge in [-0.1, -0.05) is 200 Å². The third-order valence-electron chi connectivity index (χ3n) is 11.1. The number of hydrogen-bond donors (Lipinski definition) is 0. The highest BCUT2D eigenvalue weighted by Gasteiger charge is 2.20. The second kappa shape index (κ2) is 16.5. The van der Waals surface area contributed by atoms with Crippen molar-refractivity contribution in [3.05, 3.63) is 243 Å². The lowest BCUT2D eigenvalue weighted by atomic mass is 9.83. The quantitative estimate of drug-likeness (QED) is 0.146. The topological polar surface area (TPSA) is 25.8 Å². The fraction of sp³-hybridized carbons (Fsp3) is 0. The van der Waals surface area contributed by atoms with Crippen LogP contribution in [-0.4, -0.2) is 9.97 Å². The van der Waals surface area contributed by atoms with Crippen molar-refractivity contribution in [2.24, 2.45) is 0 Å². The molecule has 0 aliphatic carbocycles. The predicted molar refractivity (Wildman–Crippen MR) is 251 cm³/mol. The van der Waals surface area contributed by atoms with E-state index in [9.17, 15) is 0 Å². The summed E-state index contributed by atoms with van der Waals surface area (Å²) in [5.41, 5.74) is 18.7. The van der Waals surface area contributed by atoms with Gasteiger partial charge in [0.2, 0.25) is 0 Å². The van der Waals surface area contributed by atoms with E-state index in [2.05, 4.69) is 231 Å². The molecule has 0 aliphatic heterocycles. The highest BCUT2D eigenvalue weighted by Crippen LogP contribution is 2.45. The summed E-state index contributed by atoms with van der Waals surface area (Å²) in [6, 6.07) is 86.2. The van der Waals surface area contributed by atoms with E-state index in [4.69, 9.17) is 9.97 Å². The molecular formula is C58H40N2. The molecule has 0 aliphatic rings. The summed E-state index contributed by atoms with van der Waals surface area (Å²) in [6.45, 7) is 0. The maximum atomic E-state index is 5.20. The minimum Gasteiger partial charge on any atom is -0.228 e. The van der Waals surface area contributed by atoms with Gasteiger partial charge >= 0.3 is 0 Å². The molecule has 0 amide bonds. The van der Waals surface area contributed by atoms with Crippen LogP contribution in [0.4, 0.5) is 0 Å². The molecule has 1 heterocycles. The zero-order chi connectivity index (χ0) is 40.1. The molecule has 10 aromatic rings. The van der Waals surface area contributed by atoms with Crippen LogP contribution in [0.1, 0.15) is 0 Å². The molecule has 9 aromatic carbocycles. The number of benzene rings is 9. The molecule has 0 unspecified atom stereocenters. The average molecular weight is 765 g/mol. The van der Waals surface area contributed by atoms with Crippen molar-refractivity contribution < 1.29 is 0 Å². The van der Waals surface area contributed by atoms with Gasteiger partial charge in [-0.15, -0.1) is 0 Å². The number of rotatable bonds is 9. The predicted octanol–water partition coefficient (Wildman–Crippen LogP) is 15.5. The molecule has 0 saturated carbocycles. The van der Waals surface area contributed by atoms with Gasteiger partial charge in [0.25, 0.3) is 0 Å². The van der Waals surface area contributed by atoms with E-state index in [1.807, 2.05) is 12.1 Å². The van der Waals surface area contributed by atoms with Crippen molar-refractivity contribution in [2.45, 2.75) is 0 Å². The zero-order valence-corrected chi connectivity index (χ0v) is 33.0. The summed E-state index contributed by atoms with van der Waals surface area (Å²) in [5.74, 6) is 0.683. The summed E-state index contributed by atoms with van der Waals surface area (Å²) < 4.78 is 0. The zero-order valence-electron chi connectivity index (χ0n) is 33.0. The van der Waals surface area contributed by atoms with Crippen LogP contribution in [0.15, 0.2) is 243 Å². The van der Waals surface area contributed by atoms with Crippen molar-refractivity contribution >= 4 is 0 Å². The smallest absolute Gasteiger partial charge is 0.160 e. The van der Waals surface area contributed by atoms with Crippen LogP contribution in [0.2, 0.25) is 0 Å². The van der Waals surface area contributed by atoms with Crippen LogP contribution in [-0.2, 0) is 0 Å². The van der Waals surface area contributed by atoms with E-state index < -0.39 is 0 Å². The highest BCUT2D eigenvalue weighted by atomic mass is 14.9. The highest BCUT2D eigenvalue weighted by molar-refractivity contribution is 5.99. The Morgan fingerprint density at radius 3 is 0.917 bits per heavy atom. The van der Waals surface area contributed by atoms with Crippen LogP contribution in [0.3, 0.4) is 0 Å². The van der Waals surface area contributed by atoms with Crippen molar-refractivity contribution in [3.8, 4) is 101 Å². The minimum absolute atomic E-state index is 0.683. The van der Waals surface area contributed by atoms with Gasteiger partial charge in [0.1, 0.15) is 0 Å². The number of aromatic nitrogens is 2. The lowest BCUT2D eigenvalue weighted by Crippen LogP contribution is -1.97. The molecule has 0 atom stereocenters. The van der Waals surface area contributed by atoms with Crippen LogP contribution in [0.25, 0.3) is 101 Å². The SMILES string of the molecule is c1ccc(-c2cc(-c3ccccc3)cc(-c3cc(-c4ccccc4)c(-c4cccc(-c5nc(-c6ccccc6)cc(-c6ccccc6)n5)c4)c(-c4ccccc4)c3)c2)cc1. The van der Waals surface area contributed by atoms with Crippen LogP contribution in [0, 0.1) is 0 Å². The first-order valence-corrected chi connectivity index (χ1v) is 20.4. The van der Waals surface area contributed by atoms with Crippen molar-refractivity contribution in [2.75, 3.05) is 0 Å². The maximum absolute atomic E-state index is 5.20. The third-order valence-corrected chi connectivity index (χ3v) is 11.1. The Bertz CT molecular complexity index is 2860. The van der Waals surface area contributed by atoms with Crippen molar-refractivity contribution in [3.63, 3.8) is 0 Å². The van der Waals surface area contributed by atoms with Gasteiger partial charge in [0.05, 0.1) is 11.4 Å². The average Bonchev–Trinajstić information content (AvgIpc) is 3.35. The Morgan fingerprint density at radius 1 is 0.200 bits per heavy atom. The lowest BCUT2D eigenvalue weighted by Gasteiger charge is -2.20. The summed E-state index contributed by atoms with van der Waals surface area (Å²) in [5, 5.41) is 0. The molecule has 1 aromatic heterocycles. The standard InChI is InChI=1S/C58H40N2/c1-7-20-41(21-8-1)49-35-50(42-22-9-2-10-23-42)37-51(36-49)52-38-53(43-24-11-3-12-25-43)57(54(39-52)44-26-13-4-14-27-44)47-32-19-33-48(34-47)58-59-55(45-28-15-5-16-29-45)40-56(60-58)46-30-17-6-18-31-46/h1-40H. The van der Waals surface area contributed by atoms with E-state index in [1.54, 1.807) is 0 Å². The monoisotopic (exact) mass is 764 g/mol. The third kappa shape index (κ3) is 7.58. The Hall–Kier alpha value is -7.94. The van der Waals surface area contributed by atoms with Crippen molar-refractivity contribution in [1.82, 2.24) is 9.97 Å². The maximum Gasteiger partial charge on any atom is 0.160 e. The number of hydrogen-bond acceptors (Lipinski definition) is 2. The second-order valence-corrected chi connectivity index (χ2v) is 15.0. The van der Waals surface area contributed by atoms with Gasteiger partial charge in [-0.3, -0.25) is 0 Å². The van der Waals surface area contributed by atoms with Gasteiger partial charge in [-0.25, -0.2) is 9.97 Å². The molecule has 0 bridgehead atoms. The fourth-order valence-electron chi connectivity index (χ4n) is 8.10. The normalized spacial score (nSPS) is 11.0. The first kappa shape index (κ1) is 36.4. The molecule has 0 saturated heterocycles. The van der Waals surface area contributed by atoms with E-state index in [1.165, 1.54) is 22.3 Å². The van der Waals surface area contributed by atoms with Crippen LogP contribution in [0.5, 0.6) is 0 Å². The molecular weight excluding hydrogens is 725 g/mol. The largest absolute Gasteiger partial charge is 0.228 e. The fourth-order valence-corrected chi connectivity index (χ4v) is 8.10. The minimum atomic E-state index is 0.683. The van der Waals surface area contributed by atoms with E-state index in [0.717, 1.165) is 72.6 Å². The van der Waals surface area contributed by atoms with Gasteiger partial charge in [0, 0.05) is 16.7 Å². The van der Waals surface area contributed by atoms with Crippen LogP contribution >= 0.6 is 0 Å². The molecule has 60 heavy (non-hydrogen) atoms. The summed E-state index contributed by atoms with van der Waals surface area (Å²) in [6.07, 6.45) is 0. The Labute approximate surface area is 351 Å². The molecule has 2 heteroatoms. The summed E-state index contributed by atoms with van der Waals surface area (Å²) in [4.78, 5) is 10.4. The first-order chi connectivity index (χ1) is 29.7. The molecule has 0 fully saturated rings. The molecule has 0 N–H and O–H groups in total. The number of nitrogens with zero attached hydrogens (tertiary/aromatic N) is 2. The van der Waals surface area contributed by atoms with Crippen LogP contribution < -0.4 is 0 Å². The summed E-state index contributed by atoms with van der Waals surface area (Å²) >= 11 is 0. The van der Waals surface area contributed by atoms with E-state index >= 15 is 0 Å². The molecule has 0 spiro atoms. The van der Waals surface area contributed by atoms with E-state index in [-0.39, 0.29) is 0 Å². The van der Waals surface area contributed by atoms with E-state index in [0.29, 0.717) is 5.82 Å². The second-order valence-electron chi connectivity index (χ2n) is 15.0. The Morgan fingerprint density at radius 2 is 0.500 bits per heavy atom. The Balaban J connectivity index is 1.20. The van der Waals surface area contributed by atoms with Gasteiger partial charge < -0.3 is 0 Å². The molecule has 282 valence electrons. The van der Waals surface area contributed by atoms with Crippen molar-refractivity contribution in [1.29, 1.82) is 0 Å². The summed E-state index contributed by atoms with van der Waals surface area (Å²) in [7, 11) is 0. The lowest BCUT2D eigenvalue weighted by molar-refractivity contribution is 1.18.